The Morgan fingerprint density at radius 1 is 1.24 bits per heavy atom. The lowest BCUT2D eigenvalue weighted by molar-refractivity contribution is 0.174. The molecule has 1 atom stereocenters. The molecule has 4 heteroatoms. The van der Waals surface area contributed by atoms with Crippen molar-refractivity contribution in [3.8, 4) is 0 Å². The van der Waals surface area contributed by atoms with Crippen molar-refractivity contribution in [2.24, 2.45) is 5.92 Å². The van der Waals surface area contributed by atoms with E-state index < -0.39 is 0 Å². The van der Waals surface area contributed by atoms with Gasteiger partial charge in [-0.15, -0.1) is 0 Å². The van der Waals surface area contributed by atoms with Gasteiger partial charge in [-0.3, -0.25) is 0 Å². The summed E-state index contributed by atoms with van der Waals surface area (Å²) in [5.41, 5.74) is 2.42. The van der Waals surface area contributed by atoms with Crippen LogP contribution >= 0.6 is 0 Å². The minimum Gasteiger partial charge on any atom is -0.395 e. The molecule has 0 fully saturated rings. The molecule has 21 heavy (non-hydrogen) atoms. The second-order valence-corrected chi connectivity index (χ2v) is 5.57. The summed E-state index contributed by atoms with van der Waals surface area (Å²) in [7, 11) is 0. The predicted molar refractivity (Wildman–Crippen MR) is 86.3 cm³/mol. The molecule has 0 aliphatic carbocycles. The average molecular weight is 292 g/mol. The normalized spacial score (nSPS) is 12.3. The third-order valence-corrected chi connectivity index (χ3v) is 3.73. The van der Waals surface area contributed by atoms with Crippen molar-refractivity contribution >= 4 is 6.03 Å². The average Bonchev–Trinajstić information content (AvgIpc) is 2.49. The molecule has 0 radical (unpaired) electrons. The summed E-state index contributed by atoms with van der Waals surface area (Å²) in [5, 5.41) is 12.1. The number of hydrogen-bond acceptors (Lipinski definition) is 2. The third kappa shape index (κ3) is 5.05. The first-order valence-corrected chi connectivity index (χ1v) is 7.78. The highest BCUT2D eigenvalue weighted by Crippen LogP contribution is 2.22. The molecule has 0 bridgehead atoms. The van der Waals surface area contributed by atoms with Crippen molar-refractivity contribution in [1.29, 1.82) is 0 Å². The smallest absolute Gasteiger partial charge is 0.317 e. The van der Waals surface area contributed by atoms with E-state index in [1.807, 2.05) is 6.92 Å². The summed E-state index contributed by atoms with van der Waals surface area (Å²) in [6.45, 7) is 9.18. The van der Waals surface area contributed by atoms with Crippen molar-refractivity contribution < 1.29 is 9.90 Å². The number of hydrogen-bond donors (Lipinski definition) is 2. The van der Waals surface area contributed by atoms with Crippen molar-refractivity contribution in [2.45, 2.75) is 40.2 Å². The van der Waals surface area contributed by atoms with Gasteiger partial charge in [0, 0.05) is 13.1 Å². The fraction of sp³-hybridized carbons (Fsp3) is 0.588. The van der Waals surface area contributed by atoms with E-state index in [0.717, 1.165) is 12.0 Å². The van der Waals surface area contributed by atoms with Crippen LogP contribution in [0.4, 0.5) is 4.79 Å². The van der Waals surface area contributed by atoms with Crippen molar-refractivity contribution in [2.75, 3.05) is 19.7 Å². The highest BCUT2D eigenvalue weighted by molar-refractivity contribution is 5.74. The number of urea groups is 1. The molecule has 2 amide bonds. The number of amides is 2. The molecule has 0 aliphatic rings. The number of aryl methyl sites for hydroxylation is 1. The molecule has 118 valence electrons. The summed E-state index contributed by atoms with van der Waals surface area (Å²) in [5.74, 6) is 0.300. The van der Waals surface area contributed by atoms with Crippen LogP contribution in [0.3, 0.4) is 0 Å². The van der Waals surface area contributed by atoms with Gasteiger partial charge in [0.25, 0.3) is 0 Å². The maximum absolute atomic E-state index is 12.3. The predicted octanol–water partition coefficient (Wildman–Crippen LogP) is 2.97. The van der Waals surface area contributed by atoms with E-state index in [0.29, 0.717) is 19.0 Å². The van der Waals surface area contributed by atoms with Gasteiger partial charge in [-0.05, 0) is 30.4 Å². The second-order valence-electron chi connectivity index (χ2n) is 5.57. The van der Waals surface area contributed by atoms with E-state index in [1.54, 1.807) is 4.90 Å². The molecule has 0 spiro atoms. The van der Waals surface area contributed by atoms with Gasteiger partial charge in [-0.2, -0.15) is 0 Å². The Hall–Kier alpha value is -1.55. The molecular weight excluding hydrogens is 264 g/mol. The van der Waals surface area contributed by atoms with Crippen LogP contribution in [0.25, 0.3) is 0 Å². The topological polar surface area (TPSA) is 52.6 Å². The Morgan fingerprint density at radius 3 is 2.29 bits per heavy atom. The minimum absolute atomic E-state index is 0.0151. The van der Waals surface area contributed by atoms with E-state index in [9.17, 15) is 4.79 Å². The molecule has 0 aliphatic heterocycles. The number of likely N-dealkylation sites (N-methyl/N-ethyl adjacent to an activating group) is 1. The second kappa shape index (κ2) is 8.67. The number of aliphatic hydroxyl groups excluding tert-OH is 1. The van der Waals surface area contributed by atoms with Gasteiger partial charge in [0.15, 0.2) is 0 Å². The van der Waals surface area contributed by atoms with Crippen LogP contribution < -0.4 is 5.32 Å². The van der Waals surface area contributed by atoms with Crippen LogP contribution in [0.1, 0.15) is 44.9 Å². The number of rotatable bonds is 7. The molecule has 2 N–H and O–H groups in total. The monoisotopic (exact) mass is 292 g/mol. The van der Waals surface area contributed by atoms with E-state index >= 15 is 0 Å². The fourth-order valence-corrected chi connectivity index (χ4v) is 2.34. The lowest BCUT2D eigenvalue weighted by atomic mass is 9.95. The maximum Gasteiger partial charge on any atom is 0.317 e. The Morgan fingerprint density at radius 2 is 1.86 bits per heavy atom. The standard InChI is InChI=1S/C17H28N2O2/c1-5-14-7-9-15(10-8-14)16(13(3)4)18-17(21)19(6-2)11-12-20/h7-10,13,16,20H,5-6,11-12H2,1-4H3,(H,18,21). The number of nitrogens with one attached hydrogen (secondary N) is 1. The summed E-state index contributed by atoms with van der Waals surface area (Å²) in [6, 6.07) is 8.27. The fourth-order valence-electron chi connectivity index (χ4n) is 2.34. The highest BCUT2D eigenvalue weighted by Gasteiger charge is 2.20. The van der Waals surface area contributed by atoms with Crippen LogP contribution in [0.2, 0.25) is 0 Å². The lowest BCUT2D eigenvalue weighted by Crippen LogP contribution is -2.44. The van der Waals surface area contributed by atoms with Gasteiger partial charge in [0.2, 0.25) is 0 Å². The molecule has 0 saturated carbocycles. The van der Waals surface area contributed by atoms with Crippen molar-refractivity contribution in [1.82, 2.24) is 10.2 Å². The van der Waals surface area contributed by atoms with E-state index in [-0.39, 0.29) is 18.7 Å². The zero-order valence-corrected chi connectivity index (χ0v) is 13.6. The van der Waals surface area contributed by atoms with E-state index in [1.165, 1.54) is 5.56 Å². The van der Waals surface area contributed by atoms with Gasteiger partial charge in [0.05, 0.1) is 12.6 Å². The molecule has 1 aromatic carbocycles. The molecule has 1 rings (SSSR count). The van der Waals surface area contributed by atoms with Gasteiger partial charge in [0.1, 0.15) is 0 Å². The van der Waals surface area contributed by atoms with Crippen LogP contribution in [0.15, 0.2) is 24.3 Å². The number of carbonyl (C=O) groups is 1. The molecule has 1 aromatic rings. The first kappa shape index (κ1) is 17.5. The number of nitrogens with zero attached hydrogens (tertiary/aromatic N) is 1. The Bertz CT molecular complexity index is 429. The summed E-state index contributed by atoms with van der Waals surface area (Å²) in [6.07, 6.45) is 1.01. The molecule has 0 aromatic heterocycles. The van der Waals surface area contributed by atoms with Crippen molar-refractivity contribution in [3.63, 3.8) is 0 Å². The van der Waals surface area contributed by atoms with Gasteiger partial charge in [-0.25, -0.2) is 4.79 Å². The van der Waals surface area contributed by atoms with E-state index in [4.69, 9.17) is 5.11 Å². The Kier molecular flexibility index (Phi) is 7.23. The van der Waals surface area contributed by atoms with Gasteiger partial charge < -0.3 is 15.3 Å². The van der Waals surface area contributed by atoms with Crippen LogP contribution in [-0.4, -0.2) is 35.7 Å². The minimum atomic E-state index is -0.121. The van der Waals surface area contributed by atoms with Crippen molar-refractivity contribution in [3.05, 3.63) is 35.4 Å². The summed E-state index contributed by atoms with van der Waals surface area (Å²) in [4.78, 5) is 13.9. The van der Waals surface area contributed by atoms with Crippen LogP contribution in [0, 0.1) is 5.92 Å². The summed E-state index contributed by atoms with van der Waals surface area (Å²) >= 11 is 0. The number of carbonyl (C=O) groups excluding carboxylic acids is 1. The number of benzene rings is 1. The van der Waals surface area contributed by atoms with E-state index in [2.05, 4.69) is 50.4 Å². The molecular formula is C17H28N2O2. The zero-order valence-electron chi connectivity index (χ0n) is 13.6. The lowest BCUT2D eigenvalue weighted by Gasteiger charge is -2.27. The van der Waals surface area contributed by atoms with Crippen LogP contribution in [0.5, 0.6) is 0 Å². The Balaban J connectivity index is 2.83. The van der Waals surface area contributed by atoms with Gasteiger partial charge >= 0.3 is 6.03 Å². The molecule has 4 nitrogen and oxygen atoms in total. The molecule has 0 heterocycles. The van der Waals surface area contributed by atoms with Crippen LogP contribution in [-0.2, 0) is 6.42 Å². The molecule has 1 unspecified atom stereocenters. The third-order valence-electron chi connectivity index (χ3n) is 3.73. The maximum atomic E-state index is 12.3. The number of aliphatic hydroxyl groups is 1. The molecule has 0 saturated heterocycles. The summed E-state index contributed by atoms with van der Waals surface area (Å²) < 4.78 is 0. The highest BCUT2D eigenvalue weighted by atomic mass is 16.3. The van der Waals surface area contributed by atoms with Gasteiger partial charge in [-0.1, -0.05) is 45.0 Å². The quantitative estimate of drug-likeness (QED) is 0.812. The first-order chi connectivity index (χ1) is 10.0. The Labute approximate surface area is 128 Å². The SMILES string of the molecule is CCc1ccc(C(NC(=O)N(CC)CCO)C(C)C)cc1. The first-order valence-electron chi connectivity index (χ1n) is 7.78. The zero-order chi connectivity index (χ0) is 15.8. The largest absolute Gasteiger partial charge is 0.395 e.